The molecule has 0 aliphatic carbocycles. The highest BCUT2D eigenvalue weighted by molar-refractivity contribution is 5.93. The summed E-state index contributed by atoms with van der Waals surface area (Å²) in [6.07, 6.45) is 1.65. The zero-order valence-electron chi connectivity index (χ0n) is 10.1. The molecule has 0 aromatic carbocycles. The van der Waals surface area contributed by atoms with E-state index < -0.39 is 5.97 Å². The predicted octanol–water partition coefficient (Wildman–Crippen LogP) is 0.920. The molecule has 5 nitrogen and oxygen atoms in total. The van der Waals surface area contributed by atoms with Crippen LogP contribution in [0.25, 0.3) is 0 Å². The number of aromatic nitrogens is 1. The first-order chi connectivity index (χ1) is 8.09. The standard InChI is InChI=1S/C12H17N3O2/c1-9-8-14(2)6-7-15(9)11-10(12(16)17)4-3-5-13-11/h3-5,9H,6-8H2,1-2H3,(H,16,17). The van der Waals surface area contributed by atoms with Crippen LogP contribution < -0.4 is 4.90 Å². The second-order valence-electron chi connectivity index (χ2n) is 4.48. The molecule has 17 heavy (non-hydrogen) atoms. The normalized spacial score (nSPS) is 21.5. The van der Waals surface area contributed by atoms with E-state index in [1.807, 2.05) is 0 Å². The molecule has 0 radical (unpaired) electrons. The van der Waals surface area contributed by atoms with Crippen LogP contribution in [0, 0.1) is 0 Å². The lowest BCUT2D eigenvalue weighted by Gasteiger charge is -2.39. The van der Waals surface area contributed by atoms with Gasteiger partial charge >= 0.3 is 5.97 Å². The first-order valence-electron chi connectivity index (χ1n) is 5.73. The van der Waals surface area contributed by atoms with Crippen LogP contribution >= 0.6 is 0 Å². The van der Waals surface area contributed by atoms with Crippen LogP contribution in [0.5, 0.6) is 0 Å². The maximum Gasteiger partial charge on any atom is 0.339 e. The third kappa shape index (κ3) is 2.39. The molecule has 5 heteroatoms. The van der Waals surface area contributed by atoms with Crippen molar-refractivity contribution < 1.29 is 9.90 Å². The molecular formula is C12H17N3O2. The van der Waals surface area contributed by atoms with E-state index in [9.17, 15) is 4.79 Å². The molecule has 1 aliphatic heterocycles. The van der Waals surface area contributed by atoms with Crippen LogP contribution in [0.4, 0.5) is 5.82 Å². The summed E-state index contributed by atoms with van der Waals surface area (Å²) >= 11 is 0. The van der Waals surface area contributed by atoms with Crippen molar-refractivity contribution in [2.24, 2.45) is 0 Å². The van der Waals surface area contributed by atoms with Gasteiger partial charge in [0.15, 0.2) is 0 Å². The second kappa shape index (κ2) is 4.71. The summed E-state index contributed by atoms with van der Waals surface area (Å²) in [7, 11) is 2.07. The highest BCUT2D eigenvalue weighted by Gasteiger charge is 2.25. The van der Waals surface area contributed by atoms with E-state index in [4.69, 9.17) is 5.11 Å². The Balaban J connectivity index is 2.30. The van der Waals surface area contributed by atoms with Gasteiger partial charge in [0.2, 0.25) is 0 Å². The SMILES string of the molecule is CC1CN(C)CCN1c1ncccc1C(=O)O. The van der Waals surface area contributed by atoms with Crippen LogP contribution in [-0.4, -0.2) is 53.7 Å². The quantitative estimate of drug-likeness (QED) is 0.826. The fraction of sp³-hybridized carbons (Fsp3) is 0.500. The lowest BCUT2D eigenvalue weighted by molar-refractivity contribution is 0.0697. The number of likely N-dealkylation sites (N-methyl/N-ethyl adjacent to an activating group) is 1. The maximum absolute atomic E-state index is 11.2. The van der Waals surface area contributed by atoms with E-state index in [0.29, 0.717) is 5.82 Å². The number of carboxylic acid groups (broad SMARTS) is 1. The van der Waals surface area contributed by atoms with E-state index in [2.05, 4.69) is 28.8 Å². The zero-order valence-corrected chi connectivity index (χ0v) is 10.1. The minimum absolute atomic E-state index is 0.279. The molecular weight excluding hydrogens is 218 g/mol. The van der Waals surface area contributed by atoms with Gasteiger partial charge in [0.1, 0.15) is 11.4 Å². The average molecular weight is 235 g/mol. The fourth-order valence-electron chi connectivity index (χ4n) is 2.25. The number of rotatable bonds is 2. The molecule has 1 aliphatic rings. The van der Waals surface area contributed by atoms with Gasteiger partial charge in [-0.2, -0.15) is 0 Å². The van der Waals surface area contributed by atoms with Crippen molar-refractivity contribution in [3.8, 4) is 0 Å². The molecule has 2 heterocycles. The van der Waals surface area contributed by atoms with E-state index in [1.54, 1.807) is 18.3 Å². The third-order valence-electron chi connectivity index (χ3n) is 3.12. The number of pyridine rings is 1. The lowest BCUT2D eigenvalue weighted by Crippen LogP contribution is -2.51. The molecule has 1 aromatic heterocycles. The summed E-state index contributed by atoms with van der Waals surface area (Å²) in [6, 6.07) is 3.55. The van der Waals surface area contributed by atoms with Crippen LogP contribution in [0.15, 0.2) is 18.3 Å². The molecule has 0 amide bonds. The van der Waals surface area contributed by atoms with Crippen molar-refractivity contribution in [1.82, 2.24) is 9.88 Å². The highest BCUT2D eigenvalue weighted by atomic mass is 16.4. The van der Waals surface area contributed by atoms with Gasteiger partial charge in [0.25, 0.3) is 0 Å². The second-order valence-corrected chi connectivity index (χ2v) is 4.48. The van der Waals surface area contributed by atoms with Crippen molar-refractivity contribution in [3.63, 3.8) is 0 Å². The molecule has 1 fully saturated rings. The Kier molecular flexibility index (Phi) is 3.28. The van der Waals surface area contributed by atoms with E-state index >= 15 is 0 Å². The predicted molar refractivity (Wildman–Crippen MR) is 65.5 cm³/mol. The van der Waals surface area contributed by atoms with Crippen molar-refractivity contribution in [1.29, 1.82) is 0 Å². The van der Waals surface area contributed by atoms with E-state index in [-0.39, 0.29) is 11.6 Å². The molecule has 0 saturated carbocycles. The van der Waals surface area contributed by atoms with Gasteiger partial charge < -0.3 is 14.9 Å². The Labute approximate surface area is 101 Å². The Morgan fingerprint density at radius 1 is 1.53 bits per heavy atom. The minimum Gasteiger partial charge on any atom is -0.478 e. The third-order valence-corrected chi connectivity index (χ3v) is 3.12. The van der Waals surface area contributed by atoms with Gasteiger partial charge in [-0.15, -0.1) is 0 Å². The average Bonchev–Trinajstić information content (AvgIpc) is 2.29. The van der Waals surface area contributed by atoms with Gasteiger partial charge in [0, 0.05) is 31.9 Å². The number of carboxylic acids is 1. The number of piperazine rings is 1. The number of hydrogen-bond acceptors (Lipinski definition) is 4. The van der Waals surface area contributed by atoms with E-state index in [0.717, 1.165) is 19.6 Å². The van der Waals surface area contributed by atoms with Crippen LogP contribution in [0.1, 0.15) is 17.3 Å². The molecule has 1 saturated heterocycles. The number of carbonyl (C=O) groups is 1. The Bertz CT molecular complexity index is 422. The van der Waals surface area contributed by atoms with E-state index in [1.165, 1.54) is 0 Å². The van der Waals surface area contributed by atoms with Gasteiger partial charge in [-0.1, -0.05) is 0 Å². The van der Waals surface area contributed by atoms with Crippen LogP contribution in [0.3, 0.4) is 0 Å². The summed E-state index contributed by atoms with van der Waals surface area (Å²) in [6.45, 7) is 4.76. The highest BCUT2D eigenvalue weighted by Crippen LogP contribution is 2.21. The minimum atomic E-state index is -0.917. The molecule has 1 aromatic rings. The number of nitrogens with zero attached hydrogens (tertiary/aromatic N) is 3. The number of aromatic carboxylic acids is 1. The van der Waals surface area contributed by atoms with Crippen molar-refractivity contribution in [2.45, 2.75) is 13.0 Å². The van der Waals surface area contributed by atoms with Gasteiger partial charge in [-0.25, -0.2) is 9.78 Å². The van der Waals surface area contributed by atoms with Gasteiger partial charge in [0.05, 0.1) is 0 Å². The number of hydrogen-bond donors (Lipinski definition) is 1. The van der Waals surface area contributed by atoms with Gasteiger partial charge in [-0.05, 0) is 26.1 Å². The smallest absolute Gasteiger partial charge is 0.339 e. The van der Waals surface area contributed by atoms with Crippen LogP contribution in [-0.2, 0) is 0 Å². The molecule has 0 spiro atoms. The summed E-state index contributed by atoms with van der Waals surface area (Å²) in [5, 5.41) is 9.16. The summed E-state index contributed by atoms with van der Waals surface area (Å²) in [4.78, 5) is 19.7. The summed E-state index contributed by atoms with van der Waals surface area (Å²) < 4.78 is 0. The molecule has 92 valence electrons. The number of anilines is 1. The van der Waals surface area contributed by atoms with Crippen molar-refractivity contribution >= 4 is 11.8 Å². The Morgan fingerprint density at radius 3 is 2.94 bits per heavy atom. The maximum atomic E-state index is 11.2. The molecule has 2 rings (SSSR count). The molecule has 1 unspecified atom stereocenters. The van der Waals surface area contributed by atoms with Crippen molar-refractivity contribution in [2.75, 3.05) is 31.6 Å². The molecule has 1 atom stereocenters. The lowest BCUT2D eigenvalue weighted by atomic mass is 10.1. The Hall–Kier alpha value is -1.62. The summed E-state index contributed by atoms with van der Waals surface area (Å²) in [5.41, 5.74) is 0.281. The zero-order chi connectivity index (χ0) is 12.4. The van der Waals surface area contributed by atoms with Crippen molar-refractivity contribution in [3.05, 3.63) is 23.9 Å². The molecule has 1 N–H and O–H groups in total. The Morgan fingerprint density at radius 2 is 2.29 bits per heavy atom. The first kappa shape index (κ1) is 11.9. The monoisotopic (exact) mass is 235 g/mol. The van der Waals surface area contributed by atoms with Gasteiger partial charge in [-0.3, -0.25) is 0 Å². The topological polar surface area (TPSA) is 56.7 Å². The largest absolute Gasteiger partial charge is 0.478 e. The fourth-order valence-corrected chi connectivity index (χ4v) is 2.25. The van der Waals surface area contributed by atoms with Crippen LogP contribution in [0.2, 0.25) is 0 Å². The summed E-state index contributed by atoms with van der Waals surface area (Å²) in [5.74, 6) is -0.333. The molecule has 0 bridgehead atoms. The first-order valence-corrected chi connectivity index (χ1v) is 5.73.